The lowest BCUT2D eigenvalue weighted by atomic mass is 10.2. The molecule has 154 valence electrons. The number of anilines is 1. The minimum atomic E-state index is -0.774. The number of methoxy groups -OCH3 is 1. The second-order valence-electron chi connectivity index (χ2n) is 6.20. The summed E-state index contributed by atoms with van der Waals surface area (Å²) in [5.41, 5.74) is -0.888. The fraction of sp³-hybridized carbons (Fsp3) is 0.158. The number of hydrogen-bond acceptors (Lipinski definition) is 8. The van der Waals surface area contributed by atoms with Gasteiger partial charge in [0.05, 0.1) is 19.3 Å². The van der Waals surface area contributed by atoms with Crippen LogP contribution in [0, 0.1) is 0 Å². The first kappa shape index (κ1) is 19.5. The molecule has 10 nitrogen and oxygen atoms in total. The van der Waals surface area contributed by atoms with Crippen LogP contribution in [0.2, 0.25) is 0 Å². The van der Waals surface area contributed by atoms with Crippen LogP contribution in [0.1, 0.15) is 25.6 Å². The van der Waals surface area contributed by atoms with Crippen molar-refractivity contribution in [1.29, 1.82) is 0 Å². The molecule has 0 bridgehead atoms. The summed E-state index contributed by atoms with van der Waals surface area (Å²) >= 11 is 1.09. The molecule has 1 amide bonds. The van der Waals surface area contributed by atoms with Gasteiger partial charge in [0.2, 0.25) is 6.79 Å². The normalized spacial score (nSPS) is 11.9. The quantitative estimate of drug-likeness (QED) is 0.587. The maximum Gasteiger partial charge on any atom is 0.350 e. The van der Waals surface area contributed by atoms with Gasteiger partial charge in [-0.15, -0.1) is 11.3 Å². The Hall–Kier alpha value is -3.86. The topological polar surface area (TPSA) is 129 Å². The van der Waals surface area contributed by atoms with Crippen LogP contribution >= 0.6 is 11.3 Å². The average molecular weight is 429 g/mol. The summed E-state index contributed by atoms with van der Waals surface area (Å²) in [6.07, 6.45) is 1.04. The van der Waals surface area contributed by atoms with Crippen molar-refractivity contribution in [2.24, 2.45) is 0 Å². The summed E-state index contributed by atoms with van der Waals surface area (Å²) in [7, 11) is 1.23. The van der Waals surface area contributed by atoms with Gasteiger partial charge >= 0.3 is 11.7 Å². The molecule has 30 heavy (non-hydrogen) atoms. The Bertz CT molecular complexity index is 1260. The lowest BCUT2D eigenvalue weighted by Crippen LogP contribution is -2.39. The molecule has 4 rings (SSSR count). The van der Waals surface area contributed by atoms with E-state index in [-0.39, 0.29) is 29.5 Å². The maximum atomic E-state index is 12.8. The Morgan fingerprint density at radius 1 is 1.23 bits per heavy atom. The van der Waals surface area contributed by atoms with E-state index in [1.165, 1.54) is 13.2 Å². The third-order valence-corrected chi connectivity index (χ3v) is 5.26. The molecule has 1 aromatic carbocycles. The zero-order valence-electron chi connectivity index (χ0n) is 15.6. The number of nitrogens with one attached hydrogen (secondary N) is 2. The number of amides is 1. The molecule has 0 atom stereocenters. The zero-order chi connectivity index (χ0) is 21.3. The van der Waals surface area contributed by atoms with Crippen molar-refractivity contribution in [3.8, 4) is 11.5 Å². The monoisotopic (exact) mass is 429 g/mol. The van der Waals surface area contributed by atoms with Crippen molar-refractivity contribution in [2.75, 3.05) is 19.2 Å². The number of carbonyl (C=O) groups excluding carboxylic acids is 2. The highest BCUT2D eigenvalue weighted by molar-refractivity contribution is 7.12. The van der Waals surface area contributed by atoms with Crippen molar-refractivity contribution in [2.45, 2.75) is 6.54 Å². The average Bonchev–Trinajstić information content (AvgIpc) is 3.39. The number of nitrogens with zero attached hydrogens (tertiary/aromatic N) is 1. The highest BCUT2D eigenvalue weighted by Crippen LogP contribution is 2.32. The fourth-order valence-corrected chi connectivity index (χ4v) is 3.65. The number of ether oxygens (including phenoxy) is 3. The summed E-state index contributed by atoms with van der Waals surface area (Å²) in [5.74, 6) is -0.287. The van der Waals surface area contributed by atoms with Crippen molar-refractivity contribution >= 4 is 28.9 Å². The number of aromatic amines is 1. The summed E-state index contributed by atoms with van der Waals surface area (Å²) in [6, 6.07) is 6.55. The van der Waals surface area contributed by atoms with E-state index in [4.69, 9.17) is 9.47 Å². The number of rotatable bonds is 5. The van der Waals surface area contributed by atoms with Crippen molar-refractivity contribution in [3.05, 3.63) is 72.7 Å². The molecule has 0 radical (unpaired) electrons. The molecular formula is C19H15N3O7S. The number of benzene rings is 1. The van der Waals surface area contributed by atoms with Crippen molar-refractivity contribution in [1.82, 2.24) is 9.55 Å². The van der Waals surface area contributed by atoms with E-state index in [9.17, 15) is 19.2 Å². The summed E-state index contributed by atoms with van der Waals surface area (Å²) in [6.45, 7) is 0.0307. The minimum Gasteiger partial charge on any atom is -0.465 e. The molecule has 11 heteroatoms. The Balaban J connectivity index is 1.62. The SMILES string of the molecule is COC(=O)c1sccc1NC(=O)c1c[nH]c(=O)n(Cc2ccc3c(c2)OCO3)c1=O. The number of aromatic nitrogens is 2. The summed E-state index contributed by atoms with van der Waals surface area (Å²) < 4.78 is 16.1. The summed E-state index contributed by atoms with van der Waals surface area (Å²) in [4.78, 5) is 52.0. The molecule has 0 spiro atoms. The van der Waals surface area contributed by atoms with Crippen LogP contribution in [0.4, 0.5) is 5.69 Å². The van der Waals surface area contributed by atoms with Crippen LogP contribution in [-0.4, -0.2) is 35.3 Å². The van der Waals surface area contributed by atoms with Gasteiger partial charge in [-0.2, -0.15) is 0 Å². The van der Waals surface area contributed by atoms with Gasteiger partial charge in [0, 0.05) is 6.20 Å². The lowest BCUT2D eigenvalue weighted by molar-refractivity contribution is 0.0607. The second-order valence-corrected chi connectivity index (χ2v) is 7.11. The van der Waals surface area contributed by atoms with Crippen LogP contribution in [0.15, 0.2) is 45.4 Å². The van der Waals surface area contributed by atoms with Gasteiger partial charge in [0.1, 0.15) is 10.4 Å². The smallest absolute Gasteiger partial charge is 0.350 e. The molecule has 2 N–H and O–H groups in total. The first-order valence-corrected chi connectivity index (χ1v) is 9.54. The highest BCUT2D eigenvalue weighted by atomic mass is 32.1. The number of carbonyl (C=O) groups is 2. The molecule has 3 aromatic rings. The number of H-pyrrole nitrogens is 1. The Morgan fingerprint density at radius 3 is 2.83 bits per heavy atom. The number of fused-ring (bicyclic) bond motifs is 1. The van der Waals surface area contributed by atoms with Crippen LogP contribution < -0.4 is 26.0 Å². The van der Waals surface area contributed by atoms with Gasteiger partial charge in [-0.25, -0.2) is 9.59 Å². The predicted octanol–water partition coefficient (Wildman–Crippen LogP) is 1.41. The van der Waals surface area contributed by atoms with Crippen LogP contribution in [0.3, 0.4) is 0 Å². The van der Waals surface area contributed by atoms with E-state index in [1.54, 1.807) is 23.6 Å². The van der Waals surface area contributed by atoms with Gasteiger partial charge in [0.25, 0.3) is 11.5 Å². The van der Waals surface area contributed by atoms with Crippen LogP contribution in [-0.2, 0) is 11.3 Å². The largest absolute Gasteiger partial charge is 0.465 e. The van der Waals surface area contributed by atoms with Crippen LogP contribution in [0.5, 0.6) is 11.5 Å². The third kappa shape index (κ3) is 3.57. The van der Waals surface area contributed by atoms with E-state index in [0.717, 1.165) is 22.1 Å². The van der Waals surface area contributed by atoms with Crippen LogP contribution in [0.25, 0.3) is 0 Å². The molecule has 2 aromatic heterocycles. The molecule has 1 aliphatic rings. The van der Waals surface area contributed by atoms with Crippen molar-refractivity contribution in [3.63, 3.8) is 0 Å². The Morgan fingerprint density at radius 2 is 2.03 bits per heavy atom. The first-order valence-electron chi connectivity index (χ1n) is 8.66. The fourth-order valence-electron chi connectivity index (χ4n) is 2.89. The Labute approximate surface area is 172 Å². The van der Waals surface area contributed by atoms with E-state index in [0.29, 0.717) is 17.1 Å². The van der Waals surface area contributed by atoms with E-state index in [1.807, 2.05) is 0 Å². The third-order valence-electron chi connectivity index (χ3n) is 4.37. The number of thiophene rings is 1. The van der Waals surface area contributed by atoms with E-state index < -0.39 is 23.1 Å². The van der Waals surface area contributed by atoms with E-state index in [2.05, 4.69) is 15.0 Å². The van der Waals surface area contributed by atoms with Gasteiger partial charge < -0.3 is 24.5 Å². The predicted molar refractivity (Wildman–Crippen MR) is 107 cm³/mol. The summed E-state index contributed by atoms with van der Waals surface area (Å²) in [5, 5.41) is 4.11. The first-order chi connectivity index (χ1) is 14.5. The molecular weight excluding hydrogens is 414 g/mol. The molecule has 0 saturated carbocycles. The minimum absolute atomic E-state index is 0.0716. The van der Waals surface area contributed by atoms with Crippen molar-refractivity contribution < 1.29 is 23.8 Å². The number of esters is 1. The van der Waals surface area contributed by atoms with Gasteiger partial charge in [0.15, 0.2) is 11.5 Å². The lowest BCUT2D eigenvalue weighted by Gasteiger charge is -2.09. The highest BCUT2D eigenvalue weighted by Gasteiger charge is 2.20. The zero-order valence-corrected chi connectivity index (χ0v) is 16.4. The molecule has 0 unspecified atom stereocenters. The Kier molecular flexibility index (Phi) is 5.11. The molecule has 0 fully saturated rings. The van der Waals surface area contributed by atoms with E-state index >= 15 is 0 Å². The van der Waals surface area contributed by atoms with Gasteiger partial charge in [-0.05, 0) is 29.1 Å². The number of hydrogen-bond donors (Lipinski definition) is 2. The maximum absolute atomic E-state index is 12.8. The second kappa shape index (κ2) is 7.87. The molecule has 1 aliphatic heterocycles. The molecule has 3 heterocycles. The van der Waals surface area contributed by atoms with Gasteiger partial charge in [-0.1, -0.05) is 6.07 Å². The van der Waals surface area contributed by atoms with Gasteiger partial charge in [-0.3, -0.25) is 14.2 Å². The molecule has 0 saturated heterocycles. The standard InChI is InChI=1S/C19H15N3O7S/c1-27-18(25)15-12(4-5-30-15)21-16(23)11-7-20-19(26)22(17(11)24)8-10-2-3-13-14(6-10)29-9-28-13/h2-7H,8-9H2,1H3,(H,20,26)(H,21,23). The molecule has 0 aliphatic carbocycles.